The molecular formula is CH6MnN4O+2. The minimum atomic E-state index is -0.602. The molecule has 0 aliphatic carbocycles. The zero-order chi connectivity index (χ0) is 4.99. The molecule has 0 bridgehead atoms. The number of amides is 2. The third kappa shape index (κ3) is 5.71. The van der Waals surface area contributed by atoms with Crippen LogP contribution in [-0.2, 0) is 17.1 Å². The zero-order valence-electron chi connectivity index (χ0n) is 3.44. The van der Waals surface area contributed by atoms with Gasteiger partial charge in [0.05, 0.1) is 0 Å². The summed E-state index contributed by atoms with van der Waals surface area (Å²) < 4.78 is 0. The van der Waals surface area contributed by atoms with Crippen molar-refractivity contribution in [3.63, 3.8) is 0 Å². The van der Waals surface area contributed by atoms with Crippen molar-refractivity contribution in [2.45, 2.75) is 0 Å². The van der Waals surface area contributed by atoms with E-state index in [0.717, 1.165) is 0 Å². The molecule has 0 atom stereocenters. The molecule has 0 saturated heterocycles. The predicted molar refractivity (Wildman–Crippen MR) is 20.0 cm³/mol. The Morgan fingerprint density at radius 1 is 1.29 bits per heavy atom. The van der Waals surface area contributed by atoms with Crippen LogP contribution < -0.4 is 22.5 Å². The molecule has 1 radical (unpaired) electrons. The number of rotatable bonds is 0. The van der Waals surface area contributed by atoms with Gasteiger partial charge in [0, 0.05) is 0 Å². The molecular weight excluding hydrogens is 139 g/mol. The summed E-state index contributed by atoms with van der Waals surface area (Å²) in [6.45, 7) is 0. The summed E-state index contributed by atoms with van der Waals surface area (Å²) in [4.78, 5) is 9.71. The first-order valence-corrected chi connectivity index (χ1v) is 1.28. The summed E-state index contributed by atoms with van der Waals surface area (Å²) in [6, 6.07) is -0.602. The number of urea groups is 1. The van der Waals surface area contributed by atoms with E-state index in [2.05, 4.69) is 11.7 Å². The van der Waals surface area contributed by atoms with Gasteiger partial charge in [-0.25, -0.2) is 16.5 Å². The fourth-order valence-electron chi connectivity index (χ4n) is 0.0417. The van der Waals surface area contributed by atoms with E-state index >= 15 is 0 Å². The van der Waals surface area contributed by atoms with Crippen molar-refractivity contribution in [1.82, 2.24) is 10.9 Å². The molecule has 6 N–H and O–H groups in total. The van der Waals surface area contributed by atoms with Gasteiger partial charge >= 0.3 is 23.1 Å². The van der Waals surface area contributed by atoms with Crippen LogP contribution in [0.2, 0.25) is 0 Å². The topological polar surface area (TPSA) is 93.2 Å². The molecule has 0 unspecified atom stereocenters. The predicted octanol–water partition coefficient (Wildman–Crippen LogP) is -1.97. The van der Waals surface area contributed by atoms with Crippen molar-refractivity contribution < 1.29 is 21.9 Å². The Morgan fingerprint density at radius 3 is 1.57 bits per heavy atom. The van der Waals surface area contributed by atoms with E-state index in [0.29, 0.717) is 0 Å². The van der Waals surface area contributed by atoms with E-state index in [1.165, 1.54) is 0 Å². The third-order valence-corrected chi connectivity index (χ3v) is 0.262. The molecule has 7 heavy (non-hydrogen) atoms. The Hall–Kier alpha value is -0.291. The largest absolute Gasteiger partial charge is 2.00 e. The fraction of sp³-hybridized carbons (Fsp3) is 0. The molecule has 0 saturated carbocycles. The number of carbonyl (C=O) groups excluding carboxylic acids is 1. The molecule has 0 fully saturated rings. The summed E-state index contributed by atoms with van der Waals surface area (Å²) in [5.74, 6) is 9.08. The molecule has 0 aromatic rings. The van der Waals surface area contributed by atoms with Gasteiger partial charge in [-0.1, -0.05) is 0 Å². The van der Waals surface area contributed by atoms with Crippen molar-refractivity contribution in [2.24, 2.45) is 11.7 Å². The zero-order valence-corrected chi connectivity index (χ0v) is 4.62. The van der Waals surface area contributed by atoms with Crippen LogP contribution in [0.25, 0.3) is 0 Å². The van der Waals surface area contributed by atoms with Crippen LogP contribution in [0.15, 0.2) is 0 Å². The van der Waals surface area contributed by atoms with E-state index in [-0.39, 0.29) is 17.1 Å². The second kappa shape index (κ2) is 5.71. The Balaban J connectivity index is 0. The van der Waals surface area contributed by atoms with Crippen molar-refractivity contribution in [1.29, 1.82) is 0 Å². The summed E-state index contributed by atoms with van der Waals surface area (Å²) in [7, 11) is 0. The second-order valence-electron chi connectivity index (χ2n) is 0.618. The van der Waals surface area contributed by atoms with Crippen molar-refractivity contribution >= 4 is 6.03 Å². The van der Waals surface area contributed by atoms with E-state index in [4.69, 9.17) is 0 Å². The average molecular weight is 145 g/mol. The SMILES string of the molecule is NNC(=O)NN.[Mn+2]. The van der Waals surface area contributed by atoms with Gasteiger partial charge in [-0.2, -0.15) is 0 Å². The maximum absolute atomic E-state index is 9.71. The fourth-order valence-corrected chi connectivity index (χ4v) is 0.0417. The number of hydrazine groups is 2. The second-order valence-corrected chi connectivity index (χ2v) is 0.618. The molecule has 0 aliphatic heterocycles. The number of hydrogen-bond acceptors (Lipinski definition) is 3. The van der Waals surface area contributed by atoms with Crippen LogP contribution in [-0.4, -0.2) is 6.03 Å². The van der Waals surface area contributed by atoms with Gasteiger partial charge in [-0.05, 0) is 0 Å². The minimum absolute atomic E-state index is 0. The number of nitrogens with two attached hydrogens (primary N) is 2. The smallest absolute Gasteiger partial charge is 0.275 e. The Labute approximate surface area is 51.2 Å². The standard InChI is InChI=1S/CH6N4O.Mn/c2-4-1(6)5-3;/h2-3H2,(H2,4,5,6);/q;+2. The summed E-state index contributed by atoms with van der Waals surface area (Å²) in [6.07, 6.45) is 0. The Bertz CT molecular complexity index is 49.7. The van der Waals surface area contributed by atoms with Crippen LogP contribution in [0.1, 0.15) is 0 Å². The van der Waals surface area contributed by atoms with Gasteiger partial charge in [0.25, 0.3) is 0 Å². The van der Waals surface area contributed by atoms with E-state index in [9.17, 15) is 4.79 Å². The number of nitrogens with one attached hydrogen (secondary N) is 2. The van der Waals surface area contributed by atoms with Crippen LogP contribution in [0.3, 0.4) is 0 Å². The quantitative estimate of drug-likeness (QED) is 0.138. The van der Waals surface area contributed by atoms with Gasteiger partial charge in [-0.15, -0.1) is 0 Å². The van der Waals surface area contributed by atoms with Gasteiger partial charge in [-0.3, -0.25) is 10.9 Å². The van der Waals surface area contributed by atoms with Crippen LogP contribution in [0, 0.1) is 0 Å². The number of carbonyl (C=O) groups is 1. The molecule has 0 rings (SSSR count). The number of hydrogen-bond donors (Lipinski definition) is 4. The first-order chi connectivity index (χ1) is 2.81. The van der Waals surface area contributed by atoms with Crippen LogP contribution in [0.5, 0.6) is 0 Å². The Morgan fingerprint density at radius 2 is 1.57 bits per heavy atom. The Kier molecular flexibility index (Phi) is 8.04. The first-order valence-electron chi connectivity index (χ1n) is 1.28. The summed E-state index contributed by atoms with van der Waals surface area (Å²) in [5.41, 5.74) is 3.48. The van der Waals surface area contributed by atoms with Crippen molar-refractivity contribution in [2.75, 3.05) is 0 Å². The minimum Gasteiger partial charge on any atom is -0.275 e. The molecule has 0 heterocycles. The van der Waals surface area contributed by atoms with Crippen LogP contribution in [0.4, 0.5) is 4.79 Å². The maximum atomic E-state index is 9.71. The molecule has 6 heteroatoms. The molecule has 0 aromatic carbocycles. The van der Waals surface area contributed by atoms with Crippen LogP contribution >= 0.6 is 0 Å². The maximum Gasteiger partial charge on any atom is 2.00 e. The molecule has 41 valence electrons. The molecule has 0 spiro atoms. The summed E-state index contributed by atoms with van der Waals surface area (Å²) in [5, 5.41) is 0. The van der Waals surface area contributed by atoms with Gasteiger partial charge < -0.3 is 0 Å². The normalized spacial score (nSPS) is 6.00. The molecule has 2 amide bonds. The van der Waals surface area contributed by atoms with Crippen molar-refractivity contribution in [3.05, 3.63) is 0 Å². The first kappa shape index (κ1) is 9.86. The molecule has 0 aliphatic rings. The van der Waals surface area contributed by atoms with Gasteiger partial charge in [0.15, 0.2) is 0 Å². The van der Waals surface area contributed by atoms with Gasteiger partial charge in [0.1, 0.15) is 0 Å². The van der Waals surface area contributed by atoms with Crippen molar-refractivity contribution in [3.8, 4) is 0 Å². The molecule has 0 aromatic heterocycles. The van der Waals surface area contributed by atoms with Gasteiger partial charge in [0.2, 0.25) is 0 Å². The molecule has 5 nitrogen and oxygen atoms in total. The average Bonchev–Trinajstić information content (AvgIpc) is 1.65. The monoisotopic (exact) mass is 145 g/mol. The van der Waals surface area contributed by atoms with E-state index in [1.54, 1.807) is 10.9 Å². The third-order valence-electron chi connectivity index (χ3n) is 0.262. The van der Waals surface area contributed by atoms with E-state index in [1.807, 2.05) is 0 Å². The summed E-state index contributed by atoms with van der Waals surface area (Å²) >= 11 is 0. The van der Waals surface area contributed by atoms with E-state index < -0.39 is 6.03 Å².